The quantitative estimate of drug-likeness (QED) is 0.766. The number of fused-ring (bicyclic) bond motifs is 1. The normalized spacial score (nSPS) is 17.2. The van der Waals surface area contributed by atoms with Gasteiger partial charge in [-0.25, -0.2) is 4.98 Å². The van der Waals surface area contributed by atoms with Gasteiger partial charge in [-0.05, 0) is 25.0 Å². The first-order valence-electron chi connectivity index (χ1n) is 8.19. The van der Waals surface area contributed by atoms with Crippen molar-refractivity contribution in [1.29, 1.82) is 0 Å². The molecule has 1 aliphatic rings. The third-order valence-electron chi connectivity index (χ3n) is 4.65. The average molecular weight is 338 g/mol. The molecule has 1 saturated heterocycles. The van der Waals surface area contributed by atoms with Gasteiger partial charge < -0.3 is 19.6 Å². The molecule has 7 nitrogen and oxygen atoms in total. The second kappa shape index (κ2) is 6.08. The lowest BCUT2D eigenvalue weighted by Gasteiger charge is -2.24. The molecule has 1 aliphatic heterocycles. The smallest absolute Gasteiger partial charge is 0.293 e. The first-order chi connectivity index (χ1) is 12.2. The van der Waals surface area contributed by atoms with Crippen LogP contribution in [-0.2, 0) is 0 Å². The van der Waals surface area contributed by atoms with Gasteiger partial charge >= 0.3 is 0 Å². The van der Waals surface area contributed by atoms with Gasteiger partial charge in [0.05, 0.1) is 30.4 Å². The molecule has 25 heavy (non-hydrogen) atoms. The molecule has 1 amide bonds. The molecule has 1 aromatic carbocycles. The summed E-state index contributed by atoms with van der Waals surface area (Å²) in [6, 6.07) is 7.36. The van der Waals surface area contributed by atoms with Crippen LogP contribution in [0.1, 0.15) is 35.1 Å². The van der Waals surface area contributed by atoms with E-state index >= 15 is 0 Å². The van der Waals surface area contributed by atoms with Crippen molar-refractivity contribution in [2.24, 2.45) is 0 Å². The Balaban J connectivity index is 1.70. The first kappa shape index (κ1) is 15.4. The number of nitrogens with one attached hydrogen (secondary N) is 2. The van der Waals surface area contributed by atoms with Crippen molar-refractivity contribution in [3.63, 3.8) is 0 Å². The van der Waals surface area contributed by atoms with E-state index in [1.54, 1.807) is 4.90 Å². The molecule has 4 rings (SSSR count). The van der Waals surface area contributed by atoms with Crippen molar-refractivity contribution in [3.05, 3.63) is 58.4 Å². The summed E-state index contributed by atoms with van der Waals surface area (Å²) < 4.78 is 4.95. The number of H-pyrrole nitrogens is 2. The number of rotatable bonds is 3. The highest BCUT2D eigenvalue weighted by atomic mass is 16.5. The zero-order chi connectivity index (χ0) is 17.4. The minimum atomic E-state index is -0.335. The largest absolute Gasteiger partial charge is 0.490 e. The van der Waals surface area contributed by atoms with E-state index < -0.39 is 0 Å². The van der Waals surface area contributed by atoms with Gasteiger partial charge in [0.2, 0.25) is 5.75 Å². The number of carbonyl (C=O) groups is 1. The Labute approximate surface area is 143 Å². The van der Waals surface area contributed by atoms with E-state index in [0.717, 1.165) is 23.7 Å². The Hall–Kier alpha value is -3.09. The van der Waals surface area contributed by atoms with Crippen LogP contribution in [0.4, 0.5) is 0 Å². The van der Waals surface area contributed by atoms with Crippen molar-refractivity contribution in [2.45, 2.75) is 18.9 Å². The van der Waals surface area contributed by atoms with Crippen molar-refractivity contribution in [1.82, 2.24) is 19.9 Å². The lowest BCUT2D eigenvalue weighted by molar-refractivity contribution is 0.0731. The van der Waals surface area contributed by atoms with E-state index in [9.17, 15) is 9.59 Å². The van der Waals surface area contributed by atoms with Crippen LogP contribution in [0.25, 0.3) is 10.9 Å². The number of carbonyl (C=O) groups excluding carboxylic acids is 1. The number of hydrogen-bond donors (Lipinski definition) is 2. The molecule has 3 aromatic rings. The highest BCUT2D eigenvalue weighted by Gasteiger charge is 2.33. The Morgan fingerprint density at radius 3 is 3.04 bits per heavy atom. The highest BCUT2D eigenvalue weighted by molar-refractivity contribution is 6.05. The summed E-state index contributed by atoms with van der Waals surface area (Å²) in [7, 11) is 1.42. The number of likely N-dealkylation sites (tertiary alicyclic amines) is 1. The van der Waals surface area contributed by atoms with Crippen molar-refractivity contribution in [2.75, 3.05) is 13.7 Å². The van der Waals surface area contributed by atoms with Crippen LogP contribution in [0.5, 0.6) is 5.75 Å². The maximum absolute atomic E-state index is 13.1. The Kier molecular flexibility index (Phi) is 3.76. The number of para-hydroxylation sites is 1. The van der Waals surface area contributed by atoms with Crippen LogP contribution in [0, 0.1) is 0 Å². The van der Waals surface area contributed by atoms with E-state index in [1.807, 2.05) is 30.5 Å². The molecule has 2 aromatic heterocycles. The van der Waals surface area contributed by atoms with Crippen LogP contribution in [0.2, 0.25) is 0 Å². The Morgan fingerprint density at radius 2 is 2.24 bits per heavy atom. The third-order valence-corrected chi connectivity index (χ3v) is 4.65. The van der Waals surface area contributed by atoms with E-state index in [1.165, 1.54) is 13.3 Å². The van der Waals surface area contributed by atoms with Crippen LogP contribution in [-0.4, -0.2) is 39.4 Å². The topological polar surface area (TPSA) is 91.1 Å². The molecule has 3 heterocycles. The van der Waals surface area contributed by atoms with E-state index in [2.05, 4.69) is 15.0 Å². The Bertz CT molecular complexity index is 991. The molecule has 128 valence electrons. The Morgan fingerprint density at radius 1 is 1.36 bits per heavy atom. The zero-order valence-corrected chi connectivity index (χ0v) is 13.8. The number of benzene rings is 1. The lowest BCUT2D eigenvalue weighted by Crippen LogP contribution is -2.32. The molecule has 0 saturated carbocycles. The third kappa shape index (κ3) is 2.57. The van der Waals surface area contributed by atoms with Crippen LogP contribution >= 0.6 is 0 Å². The fourth-order valence-electron chi connectivity index (χ4n) is 3.42. The van der Waals surface area contributed by atoms with E-state index in [4.69, 9.17) is 4.74 Å². The molecule has 1 unspecified atom stereocenters. The van der Waals surface area contributed by atoms with Crippen molar-refractivity contribution in [3.8, 4) is 5.75 Å². The SMILES string of the molecule is COc1cnc(C2CCCN2C(=O)c2cccc3cc[nH]c23)[nH]c1=O. The maximum Gasteiger partial charge on any atom is 0.293 e. The van der Waals surface area contributed by atoms with Gasteiger partial charge in [0.15, 0.2) is 0 Å². The number of nitrogens with zero attached hydrogens (tertiary/aromatic N) is 2. The predicted molar refractivity (Wildman–Crippen MR) is 92.7 cm³/mol. The summed E-state index contributed by atoms with van der Waals surface area (Å²) in [4.78, 5) is 37.0. The molecular weight excluding hydrogens is 320 g/mol. The van der Waals surface area contributed by atoms with Gasteiger partial charge in [-0.3, -0.25) is 9.59 Å². The zero-order valence-electron chi connectivity index (χ0n) is 13.8. The van der Waals surface area contributed by atoms with Crippen molar-refractivity contribution >= 4 is 16.8 Å². The van der Waals surface area contributed by atoms with Gasteiger partial charge in [0.25, 0.3) is 11.5 Å². The molecule has 0 aliphatic carbocycles. The van der Waals surface area contributed by atoms with Gasteiger partial charge in [0, 0.05) is 18.1 Å². The molecule has 0 spiro atoms. The summed E-state index contributed by atoms with van der Waals surface area (Å²) in [5.41, 5.74) is 1.12. The number of ether oxygens (including phenoxy) is 1. The highest BCUT2D eigenvalue weighted by Crippen LogP contribution is 2.32. The lowest BCUT2D eigenvalue weighted by atomic mass is 10.1. The molecular formula is C18H18N4O3. The number of hydrogen-bond acceptors (Lipinski definition) is 4. The molecule has 1 atom stereocenters. The maximum atomic E-state index is 13.1. The van der Waals surface area contributed by atoms with Crippen LogP contribution in [0.3, 0.4) is 0 Å². The van der Waals surface area contributed by atoms with E-state index in [0.29, 0.717) is 17.9 Å². The minimum Gasteiger partial charge on any atom is -0.490 e. The summed E-state index contributed by atoms with van der Waals surface area (Å²) >= 11 is 0. The van der Waals surface area contributed by atoms with Gasteiger partial charge in [-0.15, -0.1) is 0 Å². The first-order valence-corrected chi connectivity index (χ1v) is 8.19. The van der Waals surface area contributed by atoms with E-state index in [-0.39, 0.29) is 23.3 Å². The molecule has 0 radical (unpaired) electrons. The minimum absolute atomic E-state index is 0.0611. The summed E-state index contributed by atoms with van der Waals surface area (Å²) in [6.07, 6.45) is 4.86. The summed E-state index contributed by atoms with van der Waals surface area (Å²) in [6.45, 7) is 0.635. The van der Waals surface area contributed by atoms with Crippen LogP contribution in [0.15, 0.2) is 41.5 Å². The summed E-state index contributed by atoms with van der Waals surface area (Å²) in [5.74, 6) is 0.597. The molecule has 2 N–H and O–H groups in total. The predicted octanol–water partition coefficient (Wildman–Crippen LogP) is 2.24. The van der Waals surface area contributed by atoms with Gasteiger partial charge in [-0.2, -0.15) is 0 Å². The molecule has 1 fully saturated rings. The molecule has 7 heteroatoms. The van der Waals surface area contributed by atoms with Crippen molar-refractivity contribution < 1.29 is 9.53 Å². The van der Waals surface area contributed by atoms with Gasteiger partial charge in [-0.1, -0.05) is 12.1 Å². The summed E-state index contributed by atoms with van der Waals surface area (Å²) in [5, 5.41) is 0.998. The number of amides is 1. The fourth-order valence-corrected chi connectivity index (χ4v) is 3.42. The average Bonchev–Trinajstić information content (AvgIpc) is 3.29. The monoisotopic (exact) mass is 338 g/mol. The standard InChI is InChI=1S/C18H18N4O3/c1-25-14-10-20-16(21-17(14)23)13-6-3-9-22(13)18(24)12-5-2-4-11-7-8-19-15(11)12/h2,4-5,7-8,10,13,19H,3,6,9H2,1H3,(H,20,21,23). The second-order valence-electron chi connectivity index (χ2n) is 6.07. The van der Waals surface area contributed by atoms with Crippen LogP contribution < -0.4 is 10.3 Å². The molecule has 0 bridgehead atoms. The fraction of sp³-hybridized carbons (Fsp3) is 0.278. The second-order valence-corrected chi connectivity index (χ2v) is 6.07. The number of aromatic amines is 2. The van der Waals surface area contributed by atoms with Gasteiger partial charge in [0.1, 0.15) is 5.82 Å². The number of aromatic nitrogens is 3. The number of methoxy groups -OCH3 is 1.